The number of anilines is 1. The highest BCUT2D eigenvalue weighted by molar-refractivity contribution is 7.15. The Bertz CT molecular complexity index is 1110. The third kappa shape index (κ3) is 4.56. The van der Waals surface area contributed by atoms with Gasteiger partial charge in [-0.3, -0.25) is 9.59 Å². The maximum atomic E-state index is 12.7. The first kappa shape index (κ1) is 21.3. The molecule has 3 heterocycles. The Morgan fingerprint density at radius 2 is 2.16 bits per heavy atom. The molecule has 0 unspecified atom stereocenters. The van der Waals surface area contributed by atoms with Gasteiger partial charge in [0.1, 0.15) is 10.8 Å². The van der Waals surface area contributed by atoms with E-state index in [2.05, 4.69) is 41.3 Å². The number of nitrogens with one attached hydrogen (secondary N) is 2. The lowest BCUT2D eigenvalue weighted by Crippen LogP contribution is -2.30. The summed E-state index contributed by atoms with van der Waals surface area (Å²) in [6, 6.07) is 5.90. The monoisotopic (exact) mass is 441 g/mol. The number of likely N-dealkylation sites (tertiary alicyclic amines) is 1. The summed E-state index contributed by atoms with van der Waals surface area (Å²) in [5, 5.41) is 13.5. The molecule has 2 N–H and O–H groups in total. The molecule has 3 aromatic rings. The minimum absolute atomic E-state index is 0.00483. The summed E-state index contributed by atoms with van der Waals surface area (Å²) >= 11 is 1.37. The lowest BCUT2D eigenvalue weighted by molar-refractivity contribution is -0.128. The predicted octanol–water partition coefficient (Wildman–Crippen LogP) is 3.36. The number of aromatic nitrogens is 3. The smallest absolute Gasteiger partial charge is 0.231 e. The summed E-state index contributed by atoms with van der Waals surface area (Å²) in [6.07, 6.45) is 2.90. The van der Waals surface area contributed by atoms with Gasteiger partial charge in [0.25, 0.3) is 0 Å². The van der Waals surface area contributed by atoms with Gasteiger partial charge in [-0.05, 0) is 30.2 Å². The van der Waals surface area contributed by atoms with E-state index in [1.807, 2.05) is 24.4 Å². The number of fused-ring (bicyclic) bond motifs is 1. The molecule has 0 bridgehead atoms. The van der Waals surface area contributed by atoms with Crippen molar-refractivity contribution in [2.45, 2.75) is 39.0 Å². The molecule has 0 aliphatic carbocycles. The van der Waals surface area contributed by atoms with Crippen molar-refractivity contribution in [2.75, 3.05) is 25.5 Å². The van der Waals surface area contributed by atoms with E-state index in [-0.39, 0.29) is 29.6 Å². The summed E-state index contributed by atoms with van der Waals surface area (Å²) in [4.78, 5) is 30.2. The van der Waals surface area contributed by atoms with Crippen molar-refractivity contribution in [1.29, 1.82) is 0 Å². The van der Waals surface area contributed by atoms with Gasteiger partial charge in [-0.25, -0.2) is 0 Å². The van der Waals surface area contributed by atoms with E-state index in [0.29, 0.717) is 24.6 Å². The van der Waals surface area contributed by atoms with E-state index in [1.54, 1.807) is 12.0 Å². The maximum absolute atomic E-state index is 12.7. The Hall–Kier alpha value is -2.94. The van der Waals surface area contributed by atoms with Crippen molar-refractivity contribution < 1.29 is 14.3 Å². The highest BCUT2D eigenvalue weighted by atomic mass is 32.1. The van der Waals surface area contributed by atoms with Crippen molar-refractivity contribution in [3.05, 3.63) is 35.0 Å². The van der Waals surface area contributed by atoms with Crippen molar-refractivity contribution in [3.8, 4) is 5.75 Å². The number of carbonyl (C=O) groups excluding carboxylic acids is 2. The molecule has 4 rings (SSSR count). The molecule has 1 atom stereocenters. The van der Waals surface area contributed by atoms with Crippen molar-refractivity contribution >= 4 is 39.2 Å². The molecule has 1 saturated heterocycles. The molecule has 0 spiro atoms. The number of rotatable bonds is 6. The molecule has 0 radical (unpaired) electrons. The molecular weight excluding hydrogens is 414 g/mol. The third-order valence-electron chi connectivity index (χ3n) is 5.51. The van der Waals surface area contributed by atoms with Crippen molar-refractivity contribution in [3.63, 3.8) is 0 Å². The van der Waals surface area contributed by atoms with Gasteiger partial charge in [-0.15, -0.1) is 10.2 Å². The van der Waals surface area contributed by atoms with Crippen LogP contribution in [0.3, 0.4) is 0 Å². The molecule has 164 valence electrons. The van der Waals surface area contributed by atoms with Gasteiger partial charge in [0, 0.05) is 42.0 Å². The van der Waals surface area contributed by atoms with E-state index in [4.69, 9.17) is 4.74 Å². The Morgan fingerprint density at radius 1 is 1.35 bits per heavy atom. The molecular formula is C22H27N5O3S. The summed E-state index contributed by atoms with van der Waals surface area (Å²) in [5.41, 5.74) is 2.04. The van der Waals surface area contributed by atoms with E-state index in [0.717, 1.165) is 27.2 Å². The van der Waals surface area contributed by atoms with Gasteiger partial charge in [-0.2, -0.15) is 0 Å². The van der Waals surface area contributed by atoms with Gasteiger partial charge in [0.05, 0.1) is 13.0 Å². The van der Waals surface area contributed by atoms with Crippen LogP contribution in [0.4, 0.5) is 5.13 Å². The number of hydrogen-bond donors (Lipinski definition) is 2. The van der Waals surface area contributed by atoms with Crippen LogP contribution in [0.15, 0.2) is 24.4 Å². The first-order valence-corrected chi connectivity index (χ1v) is 11.1. The quantitative estimate of drug-likeness (QED) is 0.611. The molecule has 2 aromatic heterocycles. The number of benzene rings is 1. The van der Waals surface area contributed by atoms with Gasteiger partial charge in [-0.1, -0.05) is 32.1 Å². The highest BCUT2D eigenvalue weighted by Gasteiger charge is 2.34. The zero-order valence-electron chi connectivity index (χ0n) is 18.2. The number of aromatic amines is 1. The van der Waals surface area contributed by atoms with E-state index >= 15 is 0 Å². The molecule has 1 aliphatic heterocycles. The number of H-pyrrole nitrogens is 1. The largest absolute Gasteiger partial charge is 0.497 e. The van der Waals surface area contributed by atoms with E-state index in [1.165, 1.54) is 11.3 Å². The number of methoxy groups -OCH3 is 1. The fourth-order valence-electron chi connectivity index (χ4n) is 3.69. The lowest BCUT2D eigenvalue weighted by atomic mass is 9.98. The fourth-order valence-corrected chi connectivity index (χ4v) is 4.50. The van der Waals surface area contributed by atoms with Crippen LogP contribution < -0.4 is 10.1 Å². The third-order valence-corrected chi connectivity index (χ3v) is 6.77. The number of amides is 2. The Balaban J connectivity index is 1.36. The van der Waals surface area contributed by atoms with Crippen LogP contribution in [0.2, 0.25) is 0 Å². The normalized spacial score (nSPS) is 16.8. The summed E-state index contributed by atoms with van der Waals surface area (Å²) in [7, 11) is 1.65. The van der Waals surface area contributed by atoms with Crippen LogP contribution in [-0.4, -0.2) is 52.1 Å². The van der Waals surface area contributed by atoms with E-state index in [9.17, 15) is 9.59 Å². The average Bonchev–Trinajstić information content (AvgIpc) is 3.44. The Labute approximate surface area is 185 Å². The van der Waals surface area contributed by atoms with Crippen LogP contribution >= 0.6 is 11.3 Å². The molecule has 1 aliphatic rings. The highest BCUT2D eigenvalue weighted by Crippen LogP contribution is 2.29. The van der Waals surface area contributed by atoms with Crippen molar-refractivity contribution in [2.24, 2.45) is 5.92 Å². The summed E-state index contributed by atoms with van der Waals surface area (Å²) < 4.78 is 5.32. The number of ether oxygens (including phenoxy) is 1. The second-order valence-electron chi connectivity index (χ2n) is 8.87. The number of hydrogen-bond acceptors (Lipinski definition) is 6. The molecule has 0 saturated carbocycles. The number of nitrogens with zero attached hydrogens (tertiary/aromatic N) is 3. The van der Waals surface area contributed by atoms with E-state index < -0.39 is 0 Å². The first-order chi connectivity index (χ1) is 14.7. The zero-order valence-corrected chi connectivity index (χ0v) is 19.0. The maximum Gasteiger partial charge on any atom is 0.231 e. The van der Waals surface area contributed by atoms with Crippen LogP contribution in [0, 0.1) is 5.92 Å². The second-order valence-corrected chi connectivity index (χ2v) is 9.85. The molecule has 1 fully saturated rings. The van der Waals surface area contributed by atoms with Gasteiger partial charge < -0.3 is 19.9 Å². The Morgan fingerprint density at radius 3 is 2.87 bits per heavy atom. The lowest BCUT2D eigenvalue weighted by Gasteiger charge is -2.16. The van der Waals surface area contributed by atoms with Crippen LogP contribution in [0.5, 0.6) is 5.75 Å². The predicted molar refractivity (Wildman–Crippen MR) is 120 cm³/mol. The fraction of sp³-hybridized carbons (Fsp3) is 0.455. The summed E-state index contributed by atoms with van der Waals surface area (Å²) in [6.45, 7) is 7.14. The molecule has 9 heteroatoms. The zero-order chi connectivity index (χ0) is 22.2. The SMILES string of the molecule is COc1ccc2[nH]cc(CCN3C[C@H](C(=O)Nc4nnc(C(C)(C)C)s4)CC3=O)c2c1. The van der Waals surface area contributed by atoms with Crippen LogP contribution in [-0.2, 0) is 21.4 Å². The van der Waals surface area contributed by atoms with Crippen molar-refractivity contribution in [1.82, 2.24) is 20.1 Å². The second kappa shape index (κ2) is 8.30. The van der Waals surface area contributed by atoms with Crippen LogP contribution in [0.25, 0.3) is 10.9 Å². The number of carbonyl (C=O) groups is 2. The first-order valence-electron chi connectivity index (χ1n) is 10.3. The minimum atomic E-state index is -0.377. The Kier molecular flexibility index (Phi) is 5.70. The topological polar surface area (TPSA) is 100 Å². The summed E-state index contributed by atoms with van der Waals surface area (Å²) in [5.74, 6) is 0.251. The molecule has 2 amide bonds. The molecule has 8 nitrogen and oxygen atoms in total. The van der Waals surface area contributed by atoms with Crippen LogP contribution in [0.1, 0.15) is 37.8 Å². The minimum Gasteiger partial charge on any atom is -0.497 e. The van der Waals surface area contributed by atoms with Gasteiger partial charge in [0.2, 0.25) is 16.9 Å². The standard InChI is InChI=1S/C22H27N5O3S/c1-22(2,3)20-25-26-21(31-20)24-19(29)14-9-18(28)27(12-14)8-7-13-11-23-17-6-5-15(30-4)10-16(13)17/h5-6,10-11,14,23H,7-9,12H2,1-4H3,(H,24,26,29)/t14-/m1/s1. The van der Waals surface area contributed by atoms with Gasteiger partial charge in [0.15, 0.2) is 0 Å². The van der Waals surface area contributed by atoms with Gasteiger partial charge >= 0.3 is 0 Å². The average molecular weight is 442 g/mol. The molecule has 31 heavy (non-hydrogen) atoms. The molecule has 1 aromatic carbocycles.